The number of benzene rings is 2. The molecule has 0 N–H and O–H groups in total. The van der Waals surface area contributed by atoms with Gasteiger partial charge in [0, 0.05) is 34.4 Å². The number of pyridine rings is 1. The van der Waals surface area contributed by atoms with Crippen LogP contribution in [0, 0.1) is 13.8 Å². The zero-order valence-electron chi connectivity index (χ0n) is 20.7. The number of nitrogens with zero attached hydrogens (tertiary/aromatic N) is 4. The van der Waals surface area contributed by atoms with E-state index in [9.17, 15) is 0 Å². The highest BCUT2D eigenvalue weighted by atomic mass is 35.5. The number of rotatable bonds is 4. The molecule has 36 heavy (non-hydrogen) atoms. The predicted molar refractivity (Wildman–Crippen MR) is 140 cm³/mol. The minimum atomic E-state index is 0.132. The van der Waals surface area contributed by atoms with Crippen LogP contribution in [0.4, 0.5) is 0 Å². The highest BCUT2D eigenvalue weighted by molar-refractivity contribution is 6.33. The van der Waals surface area contributed by atoms with Crippen molar-refractivity contribution in [2.75, 3.05) is 14.2 Å². The molecule has 3 aromatic heterocycles. The molecule has 0 saturated heterocycles. The van der Waals surface area contributed by atoms with Crippen LogP contribution in [-0.4, -0.2) is 33.9 Å². The Hall–Kier alpha value is -3.84. The van der Waals surface area contributed by atoms with Gasteiger partial charge in [-0.3, -0.25) is 4.98 Å². The Morgan fingerprint density at radius 2 is 1.86 bits per heavy atom. The van der Waals surface area contributed by atoms with Gasteiger partial charge in [0.15, 0.2) is 17.3 Å². The molecule has 182 valence electrons. The molecule has 5 aromatic rings. The maximum atomic E-state index is 6.91. The highest BCUT2D eigenvalue weighted by Crippen LogP contribution is 2.53. The van der Waals surface area contributed by atoms with Gasteiger partial charge < -0.3 is 18.6 Å². The van der Waals surface area contributed by atoms with Crippen LogP contribution in [0.1, 0.15) is 30.0 Å². The van der Waals surface area contributed by atoms with Gasteiger partial charge in [-0.05, 0) is 56.5 Å². The van der Waals surface area contributed by atoms with Crippen molar-refractivity contribution in [1.82, 2.24) is 19.7 Å². The third-order valence-electron chi connectivity index (χ3n) is 7.02. The number of para-hydroxylation sites is 1. The molecule has 0 spiro atoms. The van der Waals surface area contributed by atoms with Crippen molar-refractivity contribution >= 4 is 22.5 Å². The van der Waals surface area contributed by atoms with Crippen LogP contribution in [0.25, 0.3) is 44.7 Å². The predicted octanol–water partition coefficient (Wildman–Crippen LogP) is 6.82. The summed E-state index contributed by atoms with van der Waals surface area (Å²) in [6.07, 6.45) is 2.59. The minimum absolute atomic E-state index is 0.132. The molecule has 0 radical (unpaired) electrons. The fraction of sp³-hybridized carbons (Fsp3) is 0.250. The van der Waals surface area contributed by atoms with E-state index < -0.39 is 0 Å². The molecule has 0 aliphatic carbocycles. The largest absolute Gasteiger partial charge is 0.493 e. The van der Waals surface area contributed by atoms with Crippen molar-refractivity contribution in [3.63, 3.8) is 0 Å². The van der Waals surface area contributed by atoms with Crippen LogP contribution in [0.3, 0.4) is 0 Å². The van der Waals surface area contributed by atoms with Gasteiger partial charge in [-0.1, -0.05) is 35.0 Å². The molecule has 0 bridgehead atoms. The summed E-state index contributed by atoms with van der Waals surface area (Å²) < 4.78 is 19.4. The maximum absolute atomic E-state index is 6.91. The van der Waals surface area contributed by atoms with Crippen molar-refractivity contribution in [2.45, 2.75) is 33.2 Å². The lowest BCUT2D eigenvalue weighted by Crippen LogP contribution is -2.18. The first-order valence-corrected chi connectivity index (χ1v) is 12.2. The summed E-state index contributed by atoms with van der Waals surface area (Å²) in [6.45, 7) is 6.17. The second kappa shape index (κ2) is 8.38. The summed E-state index contributed by atoms with van der Waals surface area (Å²) in [4.78, 5) is 9.25. The quantitative estimate of drug-likeness (QED) is 0.269. The van der Waals surface area contributed by atoms with Crippen LogP contribution in [0.5, 0.6) is 11.5 Å². The summed E-state index contributed by atoms with van der Waals surface area (Å²) in [5.74, 6) is 2.15. The molecule has 0 amide bonds. The smallest absolute Gasteiger partial charge is 0.260 e. The molecule has 6 rings (SSSR count). The number of hydrogen-bond acceptors (Lipinski definition) is 6. The summed E-state index contributed by atoms with van der Waals surface area (Å²) in [5.41, 5.74) is 7.96. The van der Waals surface area contributed by atoms with E-state index in [2.05, 4.69) is 45.7 Å². The maximum Gasteiger partial charge on any atom is 0.260 e. The Morgan fingerprint density at radius 3 is 2.58 bits per heavy atom. The standard InChI is InChI=1S/C28H25ClN4O3/c1-14-12-19-20(13-22(34-4)27(35-5)25(19)29)26-24(28-31-16(3)32-36-28)23(15(2)33(14)26)18-10-11-30-21-9-7-6-8-17(18)21/h6-11,13-14H,12H2,1-5H3. The van der Waals surface area contributed by atoms with E-state index in [0.29, 0.717) is 28.2 Å². The highest BCUT2D eigenvalue weighted by Gasteiger charge is 2.36. The average molecular weight is 501 g/mol. The topological polar surface area (TPSA) is 75.2 Å². The van der Waals surface area contributed by atoms with Gasteiger partial charge in [0.25, 0.3) is 5.89 Å². The molecule has 7 nitrogen and oxygen atoms in total. The van der Waals surface area contributed by atoms with E-state index in [1.807, 2.05) is 37.4 Å². The summed E-state index contributed by atoms with van der Waals surface area (Å²) in [6, 6.07) is 12.3. The van der Waals surface area contributed by atoms with Crippen LogP contribution >= 0.6 is 11.6 Å². The van der Waals surface area contributed by atoms with Crippen LogP contribution in [-0.2, 0) is 6.42 Å². The first-order chi connectivity index (χ1) is 17.4. The number of aryl methyl sites for hydroxylation is 1. The first kappa shape index (κ1) is 22.6. The molecule has 1 aliphatic heterocycles. The molecule has 8 heteroatoms. The number of halogens is 1. The van der Waals surface area contributed by atoms with Gasteiger partial charge in [0.1, 0.15) is 0 Å². The Kier molecular flexibility index (Phi) is 5.26. The van der Waals surface area contributed by atoms with Crippen LogP contribution in [0.15, 0.2) is 47.1 Å². The van der Waals surface area contributed by atoms with Crippen molar-refractivity contribution in [2.24, 2.45) is 0 Å². The number of fused-ring (bicyclic) bond motifs is 4. The summed E-state index contributed by atoms with van der Waals surface area (Å²) in [7, 11) is 3.22. The molecule has 1 atom stereocenters. The van der Waals surface area contributed by atoms with Gasteiger partial charge in [-0.15, -0.1) is 0 Å². The number of methoxy groups -OCH3 is 2. The third kappa shape index (κ3) is 3.15. The molecule has 4 heterocycles. The second-order valence-corrected chi connectivity index (χ2v) is 9.46. The lowest BCUT2D eigenvalue weighted by atomic mass is 9.90. The molecule has 1 aliphatic rings. The van der Waals surface area contributed by atoms with Crippen molar-refractivity contribution in [3.05, 3.63) is 64.7 Å². The molecule has 0 fully saturated rings. The fourth-order valence-corrected chi connectivity index (χ4v) is 5.91. The zero-order chi connectivity index (χ0) is 25.1. The molecule has 2 aromatic carbocycles. The Balaban J connectivity index is 1.78. The van der Waals surface area contributed by atoms with Crippen molar-refractivity contribution < 1.29 is 14.0 Å². The average Bonchev–Trinajstić information content (AvgIpc) is 3.45. The van der Waals surface area contributed by atoms with Gasteiger partial charge in [-0.25, -0.2) is 0 Å². The van der Waals surface area contributed by atoms with Crippen LogP contribution < -0.4 is 9.47 Å². The summed E-state index contributed by atoms with van der Waals surface area (Å²) >= 11 is 6.91. The molecular formula is C28H25ClN4O3. The van der Waals surface area contributed by atoms with E-state index in [4.69, 9.17) is 25.6 Å². The Bertz CT molecular complexity index is 1650. The van der Waals surface area contributed by atoms with Gasteiger partial charge in [0.05, 0.1) is 36.0 Å². The number of aromatic nitrogens is 4. The molecule has 1 unspecified atom stereocenters. The van der Waals surface area contributed by atoms with E-state index in [1.54, 1.807) is 14.2 Å². The SMILES string of the molecule is COc1cc2c(c(Cl)c1OC)CC(C)n1c(C)c(-c3ccnc4ccccc34)c(-c3nc(C)no3)c1-2. The van der Waals surface area contributed by atoms with E-state index in [1.165, 1.54) is 0 Å². The molecular weight excluding hydrogens is 476 g/mol. The van der Waals surface area contributed by atoms with E-state index in [-0.39, 0.29) is 6.04 Å². The summed E-state index contributed by atoms with van der Waals surface area (Å²) in [5, 5.41) is 5.74. The number of hydrogen-bond donors (Lipinski definition) is 0. The van der Waals surface area contributed by atoms with E-state index in [0.717, 1.165) is 56.5 Å². The lowest BCUT2D eigenvalue weighted by Gasteiger charge is -2.29. The minimum Gasteiger partial charge on any atom is -0.493 e. The monoisotopic (exact) mass is 500 g/mol. The Morgan fingerprint density at radius 1 is 1.06 bits per heavy atom. The molecule has 0 saturated carbocycles. The second-order valence-electron chi connectivity index (χ2n) is 9.08. The van der Waals surface area contributed by atoms with Gasteiger partial charge in [0.2, 0.25) is 0 Å². The lowest BCUT2D eigenvalue weighted by molar-refractivity contribution is 0.354. The zero-order valence-corrected chi connectivity index (χ0v) is 21.5. The van der Waals surface area contributed by atoms with Crippen molar-refractivity contribution in [3.8, 4) is 45.3 Å². The van der Waals surface area contributed by atoms with Gasteiger partial charge in [-0.2, -0.15) is 4.98 Å². The normalized spacial score (nSPS) is 14.6. The first-order valence-electron chi connectivity index (χ1n) is 11.8. The Labute approximate surface area is 213 Å². The fourth-order valence-electron chi connectivity index (χ4n) is 5.56. The van der Waals surface area contributed by atoms with Crippen molar-refractivity contribution in [1.29, 1.82) is 0 Å². The third-order valence-corrected chi connectivity index (χ3v) is 7.42. The number of ether oxygens (including phenoxy) is 2. The van der Waals surface area contributed by atoms with Crippen LogP contribution in [0.2, 0.25) is 5.02 Å². The van der Waals surface area contributed by atoms with E-state index >= 15 is 0 Å². The van der Waals surface area contributed by atoms with Gasteiger partial charge >= 0.3 is 0 Å².